The fourth-order valence-corrected chi connectivity index (χ4v) is 4.44. The van der Waals surface area contributed by atoms with Crippen LogP contribution in [-0.4, -0.2) is 82.6 Å². The first kappa shape index (κ1) is 21.3. The molecular formula is C24H29N7O2. The summed E-state index contributed by atoms with van der Waals surface area (Å²) in [6, 6.07) is 13.3. The second kappa shape index (κ2) is 8.74. The lowest BCUT2D eigenvalue weighted by Crippen LogP contribution is -2.48. The van der Waals surface area contributed by atoms with Gasteiger partial charge in [0.15, 0.2) is 0 Å². The van der Waals surface area contributed by atoms with E-state index in [-0.39, 0.29) is 11.9 Å². The minimum absolute atomic E-state index is 0.133. The van der Waals surface area contributed by atoms with E-state index in [0.717, 1.165) is 54.8 Å². The van der Waals surface area contributed by atoms with E-state index in [0.29, 0.717) is 5.56 Å². The van der Waals surface area contributed by atoms with Crippen molar-refractivity contribution in [3.63, 3.8) is 0 Å². The topological polar surface area (TPSA) is 84.8 Å². The highest BCUT2D eigenvalue weighted by Gasteiger charge is 2.32. The van der Waals surface area contributed by atoms with Crippen LogP contribution in [0.3, 0.4) is 0 Å². The SMILES string of the molecule is COc1cc(N2CCN(C)CC2)ccc1NC1N=CC2NC(=O)c3ccccc3N(C)C2=N1. The largest absolute Gasteiger partial charge is 0.495 e. The van der Waals surface area contributed by atoms with Gasteiger partial charge in [-0.3, -0.25) is 4.79 Å². The average molecular weight is 448 g/mol. The maximum Gasteiger partial charge on any atom is 0.254 e. The molecule has 33 heavy (non-hydrogen) atoms. The molecule has 0 bridgehead atoms. The van der Waals surface area contributed by atoms with Crippen LogP contribution < -0.4 is 25.2 Å². The highest BCUT2D eigenvalue weighted by atomic mass is 16.5. The van der Waals surface area contributed by atoms with Crippen molar-refractivity contribution in [1.29, 1.82) is 0 Å². The van der Waals surface area contributed by atoms with Gasteiger partial charge < -0.3 is 30.1 Å². The van der Waals surface area contributed by atoms with Gasteiger partial charge >= 0.3 is 0 Å². The predicted octanol–water partition coefficient (Wildman–Crippen LogP) is 1.87. The maximum absolute atomic E-state index is 12.6. The summed E-state index contributed by atoms with van der Waals surface area (Å²) in [7, 11) is 5.75. The van der Waals surface area contributed by atoms with Crippen LogP contribution in [-0.2, 0) is 0 Å². The Labute approximate surface area is 193 Å². The van der Waals surface area contributed by atoms with Crippen molar-refractivity contribution >= 4 is 35.0 Å². The maximum atomic E-state index is 12.6. The summed E-state index contributed by atoms with van der Waals surface area (Å²) in [6.07, 6.45) is 1.22. The third kappa shape index (κ3) is 4.11. The molecule has 2 aromatic carbocycles. The third-order valence-corrected chi connectivity index (χ3v) is 6.39. The van der Waals surface area contributed by atoms with Crippen LogP contribution in [0.2, 0.25) is 0 Å². The Kier molecular flexibility index (Phi) is 5.63. The second-order valence-corrected chi connectivity index (χ2v) is 8.51. The quantitative estimate of drug-likeness (QED) is 0.745. The van der Waals surface area contributed by atoms with Gasteiger partial charge in [0, 0.05) is 51.2 Å². The summed E-state index contributed by atoms with van der Waals surface area (Å²) >= 11 is 0. The van der Waals surface area contributed by atoms with Crippen molar-refractivity contribution in [2.75, 3.05) is 62.5 Å². The molecule has 2 atom stereocenters. The molecule has 172 valence electrons. The van der Waals surface area contributed by atoms with Gasteiger partial charge in [-0.1, -0.05) is 12.1 Å². The van der Waals surface area contributed by atoms with E-state index >= 15 is 0 Å². The number of likely N-dealkylation sites (N-methyl/N-ethyl adjacent to an activating group) is 2. The smallest absolute Gasteiger partial charge is 0.254 e. The third-order valence-electron chi connectivity index (χ3n) is 6.39. The zero-order valence-corrected chi connectivity index (χ0v) is 19.2. The Morgan fingerprint density at radius 2 is 1.88 bits per heavy atom. The van der Waals surface area contributed by atoms with E-state index in [2.05, 4.69) is 44.6 Å². The van der Waals surface area contributed by atoms with Crippen LogP contribution in [0.5, 0.6) is 5.75 Å². The van der Waals surface area contributed by atoms with Crippen LogP contribution in [0.4, 0.5) is 17.1 Å². The first-order chi connectivity index (χ1) is 16.0. The number of methoxy groups -OCH3 is 1. The number of amides is 1. The fourth-order valence-electron chi connectivity index (χ4n) is 4.44. The zero-order chi connectivity index (χ0) is 22.9. The molecule has 0 spiro atoms. The molecule has 2 aromatic rings. The van der Waals surface area contributed by atoms with E-state index in [4.69, 9.17) is 9.73 Å². The average Bonchev–Trinajstić information content (AvgIpc) is 2.95. The molecule has 1 amide bonds. The molecule has 1 saturated heterocycles. The number of fused-ring (bicyclic) bond motifs is 2. The molecule has 3 aliphatic rings. The highest BCUT2D eigenvalue weighted by molar-refractivity contribution is 6.18. The molecular weight excluding hydrogens is 418 g/mol. The number of para-hydroxylation sites is 1. The van der Waals surface area contributed by atoms with Gasteiger partial charge in [0.1, 0.15) is 17.6 Å². The number of carbonyl (C=O) groups excluding carboxylic acids is 1. The molecule has 2 N–H and O–H groups in total. The summed E-state index contributed by atoms with van der Waals surface area (Å²) in [6.45, 7) is 4.08. The molecule has 3 heterocycles. The number of benzene rings is 2. The normalized spacial score (nSPS) is 22.6. The van der Waals surface area contributed by atoms with Gasteiger partial charge in [-0.2, -0.15) is 0 Å². The fraction of sp³-hybridized carbons (Fsp3) is 0.375. The van der Waals surface area contributed by atoms with Gasteiger partial charge in [-0.15, -0.1) is 0 Å². The van der Waals surface area contributed by atoms with Crippen LogP contribution in [0, 0.1) is 0 Å². The van der Waals surface area contributed by atoms with Crippen molar-refractivity contribution < 1.29 is 9.53 Å². The van der Waals surface area contributed by atoms with Gasteiger partial charge in [-0.25, -0.2) is 9.98 Å². The molecule has 9 nitrogen and oxygen atoms in total. The lowest BCUT2D eigenvalue weighted by molar-refractivity contribution is 0.0956. The number of piperazine rings is 1. The Hall–Kier alpha value is -3.59. The number of hydrogen-bond donors (Lipinski definition) is 2. The number of carbonyl (C=O) groups is 1. The van der Waals surface area contributed by atoms with Gasteiger partial charge in [-0.05, 0) is 31.3 Å². The van der Waals surface area contributed by atoms with E-state index < -0.39 is 6.29 Å². The number of nitrogens with zero attached hydrogens (tertiary/aromatic N) is 5. The van der Waals surface area contributed by atoms with E-state index in [1.165, 1.54) is 0 Å². The van der Waals surface area contributed by atoms with Crippen molar-refractivity contribution in [3.8, 4) is 5.75 Å². The van der Waals surface area contributed by atoms with Gasteiger partial charge in [0.25, 0.3) is 5.91 Å². The Morgan fingerprint density at radius 3 is 2.67 bits per heavy atom. The number of ether oxygens (including phenoxy) is 1. The Balaban J connectivity index is 1.38. The van der Waals surface area contributed by atoms with E-state index in [9.17, 15) is 4.79 Å². The van der Waals surface area contributed by atoms with Crippen molar-refractivity contribution in [2.24, 2.45) is 9.98 Å². The van der Waals surface area contributed by atoms with Crippen LogP contribution in [0.15, 0.2) is 52.4 Å². The standard InChI is InChI=1S/C24H29N7O2/c1-29-10-12-31(13-11-29)16-8-9-18(21(14-16)33-3)27-24-25-15-19-22(28-24)30(2)20-7-5-4-6-17(20)23(32)26-19/h4-9,14-15,19,24,27H,10-13H2,1-3H3,(H,26,32). The highest BCUT2D eigenvalue weighted by Crippen LogP contribution is 2.32. The number of hydrogen-bond acceptors (Lipinski definition) is 8. The Bertz CT molecular complexity index is 1110. The lowest BCUT2D eigenvalue weighted by atomic mass is 10.1. The summed E-state index contributed by atoms with van der Waals surface area (Å²) in [5, 5.41) is 6.37. The minimum atomic E-state index is -0.524. The number of aliphatic imine (C=N–C) groups is 2. The molecule has 0 aliphatic carbocycles. The van der Waals surface area contributed by atoms with E-state index in [1.54, 1.807) is 13.3 Å². The molecule has 0 saturated carbocycles. The summed E-state index contributed by atoms with van der Waals surface area (Å²) in [5.74, 6) is 1.34. The summed E-state index contributed by atoms with van der Waals surface area (Å²) in [4.78, 5) is 28.7. The monoisotopic (exact) mass is 447 g/mol. The minimum Gasteiger partial charge on any atom is -0.495 e. The van der Waals surface area contributed by atoms with Crippen LogP contribution in [0.25, 0.3) is 0 Å². The second-order valence-electron chi connectivity index (χ2n) is 8.51. The Morgan fingerprint density at radius 1 is 1.09 bits per heavy atom. The molecule has 1 fully saturated rings. The molecule has 3 aliphatic heterocycles. The summed E-state index contributed by atoms with van der Waals surface area (Å²) in [5.41, 5.74) is 3.41. The number of amidine groups is 1. The van der Waals surface area contributed by atoms with Crippen LogP contribution in [0.1, 0.15) is 10.4 Å². The first-order valence-electron chi connectivity index (χ1n) is 11.2. The molecule has 2 unspecified atom stereocenters. The van der Waals surface area contributed by atoms with Crippen molar-refractivity contribution in [3.05, 3.63) is 48.0 Å². The van der Waals surface area contributed by atoms with E-state index in [1.807, 2.05) is 42.3 Å². The molecule has 5 rings (SSSR count). The van der Waals surface area contributed by atoms with Gasteiger partial charge in [0.2, 0.25) is 6.29 Å². The van der Waals surface area contributed by atoms with Crippen molar-refractivity contribution in [2.45, 2.75) is 12.3 Å². The molecule has 0 aromatic heterocycles. The molecule has 0 radical (unpaired) electrons. The van der Waals surface area contributed by atoms with Crippen LogP contribution >= 0.6 is 0 Å². The van der Waals surface area contributed by atoms with Gasteiger partial charge in [0.05, 0.1) is 24.0 Å². The zero-order valence-electron chi connectivity index (χ0n) is 19.2. The predicted molar refractivity (Wildman–Crippen MR) is 132 cm³/mol. The first-order valence-corrected chi connectivity index (χ1v) is 11.2. The lowest BCUT2D eigenvalue weighted by Gasteiger charge is -2.34. The summed E-state index contributed by atoms with van der Waals surface area (Å²) < 4.78 is 5.68. The van der Waals surface area contributed by atoms with Crippen molar-refractivity contribution in [1.82, 2.24) is 10.2 Å². The number of rotatable bonds is 4. The number of nitrogens with one attached hydrogen (secondary N) is 2. The molecule has 9 heteroatoms. The number of anilines is 3.